The third-order valence-electron chi connectivity index (χ3n) is 6.21. The van der Waals surface area contributed by atoms with Crippen LogP contribution in [-0.4, -0.2) is 43.1 Å². The van der Waals surface area contributed by atoms with Crippen molar-refractivity contribution in [3.05, 3.63) is 80.5 Å². The summed E-state index contributed by atoms with van der Waals surface area (Å²) in [6.45, 7) is 8.20. The average molecular weight is 505 g/mol. The molecular formula is C27H32N6O4. The van der Waals surface area contributed by atoms with Crippen LogP contribution in [-0.2, 0) is 17.9 Å². The fourth-order valence-electron chi connectivity index (χ4n) is 4.03. The lowest BCUT2D eigenvalue weighted by Crippen LogP contribution is -2.37. The Morgan fingerprint density at radius 3 is 2.43 bits per heavy atom. The van der Waals surface area contributed by atoms with Crippen molar-refractivity contribution in [1.29, 1.82) is 0 Å². The van der Waals surface area contributed by atoms with E-state index in [2.05, 4.69) is 15.7 Å². The Hall–Kier alpha value is -4.21. The minimum absolute atomic E-state index is 0.0516. The van der Waals surface area contributed by atoms with E-state index in [1.165, 1.54) is 15.0 Å². The van der Waals surface area contributed by atoms with Crippen molar-refractivity contribution in [3.63, 3.8) is 0 Å². The topological polar surface area (TPSA) is 120 Å². The van der Waals surface area contributed by atoms with Crippen LogP contribution in [0.15, 0.2) is 58.1 Å². The van der Waals surface area contributed by atoms with Crippen LogP contribution in [0.2, 0.25) is 0 Å². The Kier molecular flexibility index (Phi) is 7.56. The monoisotopic (exact) mass is 504 g/mol. The fourth-order valence-corrected chi connectivity index (χ4v) is 4.03. The van der Waals surface area contributed by atoms with E-state index < -0.39 is 5.69 Å². The van der Waals surface area contributed by atoms with Crippen molar-refractivity contribution in [2.45, 2.75) is 53.2 Å². The SMILES string of the molecule is CC[C@@H](C)NC(=O)Cn1nc2n(Cc3ccccc3)c(=O)c3ccc(C(=O)NCC(C)C)cc3n2c1=O. The first-order chi connectivity index (χ1) is 17.7. The molecule has 37 heavy (non-hydrogen) atoms. The van der Waals surface area contributed by atoms with Gasteiger partial charge in [-0.3, -0.25) is 19.0 Å². The van der Waals surface area contributed by atoms with Crippen LogP contribution in [0.25, 0.3) is 16.7 Å². The van der Waals surface area contributed by atoms with Gasteiger partial charge in [0.15, 0.2) is 0 Å². The van der Waals surface area contributed by atoms with Gasteiger partial charge in [-0.2, -0.15) is 0 Å². The van der Waals surface area contributed by atoms with Crippen molar-refractivity contribution < 1.29 is 9.59 Å². The number of amides is 2. The molecule has 0 aliphatic carbocycles. The molecule has 4 aromatic rings. The zero-order chi connectivity index (χ0) is 26.7. The van der Waals surface area contributed by atoms with E-state index in [0.717, 1.165) is 16.7 Å². The van der Waals surface area contributed by atoms with E-state index in [-0.39, 0.29) is 59.1 Å². The lowest BCUT2D eigenvalue weighted by molar-refractivity contribution is -0.122. The summed E-state index contributed by atoms with van der Waals surface area (Å²) in [5.41, 5.74) is 0.526. The molecule has 2 amide bonds. The fraction of sp³-hybridized carbons (Fsp3) is 0.370. The molecule has 194 valence electrons. The summed E-state index contributed by atoms with van der Waals surface area (Å²) in [6.07, 6.45) is 0.745. The second-order valence-electron chi connectivity index (χ2n) is 9.67. The molecule has 0 radical (unpaired) electrons. The lowest BCUT2D eigenvalue weighted by atomic mass is 10.1. The smallest absolute Gasteiger partial charge is 0.352 e. The largest absolute Gasteiger partial charge is 0.352 e. The van der Waals surface area contributed by atoms with Crippen LogP contribution in [0, 0.1) is 5.92 Å². The number of benzene rings is 2. The first-order valence-corrected chi connectivity index (χ1v) is 12.5. The maximum atomic E-state index is 13.6. The molecule has 0 spiro atoms. The molecule has 0 bridgehead atoms. The Labute approximate surface area is 213 Å². The molecule has 0 saturated carbocycles. The molecular weight excluding hydrogens is 472 g/mol. The lowest BCUT2D eigenvalue weighted by Gasteiger charge is -2.11. The molecule has 0 unspecified atom stereocenters. The summed E-state index contributed by atoms with van der Waals surface area (Å²) in [5.74, 6) is -0.286. The number of nitrogens with zero attached hydrogens (tertiary/aromatic N) is 4. The van der Waals surface area contributed by atoms with Crippen molar-refractivity contribution in [2.24, 2.45) is 5.92 Å². The minimum atomic E-state index is -0.569. The van der Waals surface area contributed by atoms with Gasteiger partial charge in [0, 0.05) is 18.2 Å². The highest BCUT2D eigenvalue weighted by molar-refractivity contribution is 5.98. The van der Waals surface area contributed by atoms with Gasteiger partial charge in [-0.1, -0.05) is 51.1 Å². The molecule has 0 saturated heterocycles. The van der Waals surface area contributed by atoms with Crippen molar-refractivity contribution >= 4 is 28.5 Å². The van der Waals surface area contributed by atoms with E-state index in [4.69, 9.17) is 0 Å². The van der Waals surface area contributed by atoms with E-state index >= 15 is 0 Å². The van der Waals surface area contributed by atoms with Gasteiger partial charge in [0.1, 0.15) is 6.54 Å². The Balaban J connectivity index is 1.90. The standard InChI is InChI=1S/C27H32N6O4/c1-5-18(4)29-23(34)16-32-27(37)33-22-13-20(24(35)28-14-17(2)3)11-12-21(22)25(36)31(26(33)30-32)15-19-9-7-6-8-10-19/h6-13,17-18H,5,14-16H2,1-4H3,(H,28,35)(H,29,34)/t18-/m1/s1. The summed E-state index contributed by atoms with van der Waals surface area (Å²) < 4.78 is 3.77. The molecule has 2 N–H and O–H groups in total. The highest BCUT2D eigenvalue weighted by atomic mass is 16.2. The van der Waals surface area contributed by atoms with Gasteiger partial charge in [-0.25, -0.2) is 13.9 Å². The van der Waals surface area contributed by atoms with Crippen LogP contribution in [0.3, 0.4) is 0 Å². The van der Waals surface area contributed by atoms with Crippen LogP contribution in [0.1, 0.15) is 50.0 Å². The van der Waals surface area contributed by atoms with E-state index in [9.17, 15) is 19.2 Å². The van der Waals surface area contributed by atoms with Gasteiger partial charge in [0.25, 0.3) is 11.5 Å². The average Bonchev–Trinajstić information content (AvgIpc) is 3.20. The molecule has 2 heterocycles. The third-order valence-corrected chi connectivity index (χ3v) is 6.21. The van der Waals surface area contributed by atoms with E-state index in [1.807, 2.05) is 58.0 Å². The van der Waals surface area contributed by atoms with Gasteiger partial charge in [-0.15, -0.1) is 5.10 Å². The third kappa shape index (κ3) is 5.47. The Bertz CT molecular complexity index is 1570. The normalized spacial score (nSPS) is 12.2. The predicted molar refractivity (Wildman–Crippen MR) is 142 cm³/mol. The molecule has 1 atom stereocenters. The second kappa shape index (κ2) is 10.8. The highest BCUT2D eigenvalue weighted by Gasteiger charge is 2.20. The number of hydrogen-bond acceptors (Lipinski definition) is 5. The highest BCUT2D eigenvalue weighted by Crippen LogP contribution is 2.15. The van der Waals surface area contributed by atoms with Gasteiger partial charge in [0.2, 0.25) is 11.7 Å². The first-order valence-electron chi connectivity index (χ1n) is 12.5. The van der Waals surface area contributed by atoms with Gasteiger partial charge >= 0.3 is 5.69 Å². The molecule has 0 aliphatic heterocycles. The summed E-state index contributed by atoms with van der Waals surface area (Å²) in [5, 5.41) is 10.4. The molecule has 10 nitrogen and oxygen atoms in total. The molecule has 0 fully saturated rings. The number of rotatable bonds is 9. The molecule has 4 rings (SSSR count). The van der Waals surface area contributed by atoms with E-state index in [0.29, 0.717) is 12.1 Å². The zero-order valence-corrected chi connectivity index (χ0v) is 21.5. The van der Waals surface area contributed by atoms with Crippen molar-refractivity contribution in [1.82, 2.24) is 29.4 Å². The Morgan fingerprint density at radius 2 is 1.76 bits per heavy atom. The van der Waals surface area contributed by atoms with Crippen LogP contribution >= 0.6 is 0 Å². The Morgan fingerprint density at radius 1 is 1.03 bits per heavy atom. The predicted octanol–water partition coefficient (Wildman–Crippen LogP) is 2.16. The first kappa shape index (κ1) is 25.9. The number of carbonyl (C=O) groups is 2. The van der Waals surface area contributed by atoms with Crippen LogP contribution in [0.4, 0.5) is 0 Å². The van der Waals surface area contributed by atoms with E-state index in [1.54, 1.807) is 12.1 Å². The van der Waals surface area contributed by atoms with Gasteiger partial charge in [-0.05, 0) is 43.0 Å². The van der Waals surface area contributed by atoms with Gasteiger partial charge in [0.05, 0.1) is 17.4 Å². The van der Waals surface area contributed by atoms with Crippen molar-refractivity contribution in [3.8, 4) is 0 Å². The number of carbonyl (C=O) groups excluding carboxylic acids is 2. The van der Waals surface area contributed by atoms with Crippen molar-refractivity contribution in [2.75, 3.05) is 6.54 Å². The summed E-state index contributed by atoms with van der Waals surface area (Å²) in [6, 6.07) is 14.0. The summed E-state index contributed by atoms with van der Waals surface area (Å²) >= 11 is 0. The van der Waals surface area contributed by atoms with Gasteiger partial charge < -0.3 is 10.6 Å². The molecule has 10 heteroatoms. The zero-order valence-electron chi connectivity index (χ0n) is 21.5. The summed E-state index contributed by atoms with van der Waals surface area (Å²) in [7, 11) is 0. The number of fused-ring (bicyclic) bond motifs is 3. The number of nitrogens with one attached hydrogen (secondary N) is 2. The minimum Gasteiger partial charge on any atom is -0.352 e. The molecule has 2 aromatic carbocycles. The molecule has 0 aliphatic rings. The summed E-state index contributed by atoms with van der Waals surface area (Å²) in [4.78, 5) is 52.4. The quantitative estimate of drug-likeness (QED) is 0.362. The number of hydrogen-bond donors (Lipinski definition) is 2. The second-order valence-corrected chi connectivity index (χ2v) is 9.67. The maximum absolute atomic E-state index is 13.6. The van der Waals surface area contributed by atoms with Crippen LogP contribution < -0.4 is 21.9 Å². The number of aromatic nitrogens is 4. The maximum Gasteiger partial charge on any atom is 0.352 e. The molecule has 2 aromatic heterocycles. The van der Waals surface area contributed by atoms with Crippen LogP contribution in [0.5, 0.6) is 0 Å².